The van der Waals surface area contributed by atoms with Gasteiger partial charge in [0.1, 0.15) is 10.7 Å². The van der Waals surface area contributed by atoms with Crippen LogP contribution in [0.1, 0.15) is 6.42 Å². The highest BCUT2D eigenvalue weighted by Gasteiger charge is 2.21. The molecule has 1 rings (SSSR count). The van der Waals surface area contributed by atoms with E-state index in [1.54, 1.807) is 0 Å². The van der Waals surface area contributed by atoms with Gasteiger partial charge in [-0.2, -0.15) is 0 Å². The number of hydrogen-bond donors (Lipinski definition) is 2. The van der Waals surface area contributed by atoms with Gasteiger partial charge in [-0.05, 0) is 18.6 Å². The third kappa shape index (κ3) is 3.65. The minimum Gasteiger partial charge on any atom is -0.398 e. The van der Waals surface area contributed by atoms with E-state index >= 15 is 0 Å². The molecule has 7 heteroatoms. The van der Waals surface area contributed by atoms with Gasteiger partial charge < -0.3 is 10.5 Å². The van der Waals surface area contributed by atoms with Crippen LogP contribution in [0.3, 0.4) is 0 Å². The molecule has 0 spiro atoms. The molecule has 0 saturated carbocycles. The molecule has 0 amide bonds. The van der Waals surface area contributed by atoms with Crippen molar-refractivity contribution < 1.29 is 17.5 Å². The van der Waals surface area contributed by atoms with E-state index in [1.165, 1.54) is 19.2 Å². The van der Waals surface area contributed by atoms with Gasteiger partial charge in [0.15, 0.2) is 0 Å². The average molecular weight is 262 g/mol. The molecular weight excluding hydrogens is 247 g/mol. The monoisotopic (exact) mass is 262 g/mol. The zero-order chi connectivity index (χ0) is 12.9. The van der Waals surface area contributed by atoms with Crippen molar-refractivity contribution in [3.05, 3.63) is 24.0 Å². The Morgan fingerprint density at radius 1 is 1.47 bits per heavy atom. The smallest absolute Gasteiger partial charge is 0.245 e. The van der Waals surface area contributed by atoms with Gasteiger partial charge >= 0.3 is 0 Å². The second kappa shape index (κ2) is 5.95. The van der Waals surface area contributed by atoms with E-state index in [1.807, 2.05) is 0 Å². The lowest BCUT2D eigenvalue weighted by Gasteiger charge is -2.09. The first-order valence-electron chi connectivity index (χ1n) is 5.01. The number of nitrogens with one attached hydrogen (secondary N) is 1. The quantitative estimate of drug-likeness (QED) is 0.584. The second-order valence-electron chi connectivity index (χ2n) is 3.40. The summed E-state index contributed by atoms with van der Waals surface area (Å²) in [6.07, 6.45) is 0.504. The zero-order valence-electron chi connectivity index (χ0n) is 9.44. The van der Waals surface area contributed by atoms with E-state index in [4.69, 9.17) is 10.5 Å². The van der Waals surface area contributed by atoms with Crippen molar-refractivity contribution in [3.8, 4) is 0 Å². The normalized spacial score (nSPS) is 11.6. The highest BCUT2D eigenvalue weighted by atomic mass is 32.2. The molecular formula is C10H15FN2O3S. The summed E-state index contributed by atoms with van der Waals surface area (Å²) in [5, 5.41) is 0. The molecule has 0 bridgehead atoms. The number of ether oxygens (including phenoxy) is 1. The summed E-state index contributed by atoms with van der Waals surface area (Å²) in [5.74, 6) is -0.857. The first-order valence-corrected chi connectivity index (χ1v) is 6.50. The van der Waals surface area contributed by atoms with E-state index in [0.717, 1.165) is 6.07 Å². The standard InChI is InChI=1S/C10H15FN2O3S/c1-16-7-3-6-13-17(14,15)10-8(11)4-2-5-9(10)12/h2,4-5,13H,3,6-7,12H2,1H3. The maximum atomic E-state index is 13.4. The summed E-state index contributed by atoms with van der Waals surface area (Å²) in [4.78, 5) is -0.502. The molecule has 0 atom stereocenters. The molecule has 1 aromatic rings. The van der Waals surface area contributed by atoms with Crippen LogP contribution in [0.2, 0.25) is 0 Å². The van der Waals surface area contributed by atoms with Gasteiger partial charge in [0.05, 0.1) is 5.69 Å². The maximum Gasteiger partial charge on any atom is 0.245 e. The third-order valence-corrected chi connectivity index (χ3v) is 3.64. The molecule has 0 radical (unpaired) electrons. The summed E-state index contributed by atoms with van der Waals surface area (Å²) in [7, 11) is -2.39. The number of nitrogens with two attached hydrogens (primary N) is 1. The number of methoxy groups -OCH3 is 1. The van der Waals surface area contributed by atoms with Gasteiger partial charge in [-0.3, -0.25) is 0 Å². The molecule has 0 heterocycles. The van der Waals surface area contributed by atoms with Crippen LogP contribution in [0.5, 0.6) is 0 Å². The minimum atomic E-state index is -3.91. The first kappa shape index (κ1) is 13.9. The highest BCUT2D eigenvalue weighted by Crippen LogP contribution is 2.21. The Balaban J connectivity index is 2.83. The predicted octanol–water partition coefficient (Wildman–Crippen LogP) is 0.723. The van der Waals surface area contributed by atoms with E-state index in [-0.39, 0.29) is 12.2 Å². The van der Waals surface area contributed by atoms with Crippen molar-refractivity contribution in [2.24, 2.45) is 0 Å². The first-order chi connectivity index (χ1) is 7.99. The van der Waals surface area contributed by atoms with Crippen molar-refractivity contribution >= 4 is 15.7 Å². The Labute approximate surface area is 99.8 Å². The van der Waals surface area contributed by atoms with Gasteiger partial charge in [-0.25, -0.2) is 17.5 Å². The van der Waals surface area contributed by atoms with E-state index in [0.29, 0.717) is 13.0 Å². The molecule has 96 valence electrons. The molecule has 0 saturated heterocycles. The fourth-order valence-electron chi connectivity index (χ4n) is 1.30. The Bertz CT molecular complexity index is 456. The van der Waals surface area contributed by atoms with Crippen molar-refractivity contribution in [1.29, 1.82) is 0 Å². The number of anilines is 1. The Hall–Kier alpha value is -1.18. The summed E-state index contributed by atoms with van der Waals surface area (Å²) < 4.78 is 44.0. The van der Waals surface area contributed by atoms with Crippen molar-refractivity contribution in [2.45, 2.75) is 11.3 Å². The van der Waals surface area contributed by atoms with Crippen LogP contribution in [-0.4, -0.2) is 28.7 Å². The predicted molar refractivity (Wildman–Crippen MR) is 62.5 cm³/mol. The lowest BCUT2D eigenvalue weighted by atomic mass is 10.3. The number of halogens is 1. The van der Waals surface area contributed by atoms with Gasteiger partial charge in [0.2, 0.25) is 10.0 Å². The second-order valence-corrected chi connectivity index (χ2v) is 5.11. The lowest BCUT2D eigenvalue weighted by molar-refractivity contribution is 0.196. The highest BCUT2D eigenvalue weighted by molar-refractivity contribution is 7.89. The molecule has 0 aliphatic carbocycles. The lowest BCUT2D eigenvalue weighted by Crippen LogP contribution is -2.27. The van der Waals surface area contributed by atoms with E-state index in [9.17, 15) is 12.8 Å². The van der Waals surface area contributed by atoms with Crippen LogP contribution < -0.4 is 10.5 Å². The van der Waals surface area contributed by atoms with Crippen LogP contribution in [-0.2, 0) is 14.8 Å². The fourth-order valence-corrected chi connectivity index (χ4v) is 2.56. The van der Waals surface area contributed by atoms with Gasteiger partial charge in [0.25, 0.3) is 0 Å². The van der Waals surface area contributed by atoms with Crippen LogP contribution in [0, 0.1) is 5.82 Å². The Kier molecular flexibility index (Phi) is 4.86. The van der Waals surface area contributed by atoms with E-state index < -0.39 is 20.7 Å². The van der Waals surface area contributed by atoms with E-state index in [2.05, 4.69) is 4.72 Å². The maximum absolute atomic E-state index is 13.4. The molecule has 3 N–H and O–H groups in total. The summed E-state index contributed by atoms with van der Waals surface area (Å²) >= 11 is 0. The summed E-state index contributed by atoms with van der Waals surface area (Å²) in [5.41, 5.74) is 5.35. The zero-order valence-corrected chi connectivity index (χ0v) is 10.3. The summed E-state index contributed by atoms with van der Waals surface area (Å²) in [6.45, 7) is 0.596. The number of hydrogen-bond acceptors (Lipinski definition) is 4. The fraction of sp³-hybridized carbons (Fsp3) is 0.400. The summed E-state index contributed by atoms with van der Waals surface area (Å²) in [6, 6.07) is 3.75. The molecule has 1 aromatic carbocycles. The molecule has 0 fully saturated rings. The topological polar surface area (TPSA) is 81.4 Å². The largest absolute Gasteiger partial charge is 0.398 e. The van der Waals surface area contributed by atoms with Gasteiger partial charge in [-0.1, -0.05) is 6.07 Å². The molecule has 5 nitrogen and oxygen atoms in total. The average Bonchev–Trinajstić information content (AvgIpc) is 2.24. The van der Waals surface area contributed by atoms with Crippen LogP contribution >= 0.6 is 0 Å². The number of sulfonamides is 1. The molecule has 17 heavy (non-hydrogen) atoms. The van der Waals surface area contributed by atoms with Gasteiger partial charge in [0, 0.05) is 20.3 Å². The Morgan fingerprint density at radius 2 is 2.18 bits per heavy atom. The third-order valence-electron chi connectivity index (χ3n) is 2.08. The van der Waals surface area contributed by atoms with Crippen LogP contribution in [0.25, 0.3) is 0 Å². The molecule has 0 aliphatic rings. The number of rotatable bonds is 6. The Morgan fingerprint density at radius 3 is 2.76 bits per heavy atom. The van der Waals surface area contributed by atoms with Gasteiger partial charge in [-0.15, -0.1) is 0 Å². The number of nitrogen functional groups attached to an aromatic ring is 1. The van der Waals surface area contributed by atoms with Crippen molar-refractivity contribution in [3.63, 3.8) is 0 Å². The van der Waals surface area contributed by atoms with Crippen LogP contribution in [0.15, 0.2) is 23.1 Å². The van der Waals surface area contributed by atoms with Crippen molar-refractivity contribution in [1.82, 2.24) is 4.72 Å². The molecule has 0 aliphatic heterocycles. The minimum absolute atomic E-state index is 0.107. The molecule has 0 unspecified atom stereocenters. The van der Waals surface area contributed by atoms with Crippen LogP contribution in [0.4, 0.5) is 10.1 Å². The van der Waals surface area contributed by atoms with Crippen molar-refractivity contribution in [2.75, 3.05) is 26.0 Å². The number of benzene rings is 1. The molecule has 0 aromatic heterocycles. The SMILES string of the molecule is COCCCNS(=O)(=O)c1c(N)cccc1F.